The summed E-state index contributed by atoms with van der Waals surface area (Å²) < 4.78 is 3.96. The van der Waals surface area contributed by atoms with Crippen molar-refractivity contribution in [3.8, 4) is 0 Å². The molecule has 0 spiro atoms. The van der Waals surface area contributed by atoms with Crippen LogP contribution in [0.25, 0.3) is 11.0 Å². The molecule has 3 nitrogen and oxygen atoms in total. The molecular formula is C12H15N3. The SMILES string of the molecule is C=CCn1c(=N)n(CC)c2ccccc21. The highest BCUT2D eigenvalue weighted by Gasteiger charge is 2.06. The third-order valence-corrected chi connectivity index (χ3v) is 2.60. The summed E-state index contributed by atoms with van der Waals surface area (Å²) in [7, 11) is 0. The summed E-state index contributed by atoms with van der Waals surface area (Å²) in [5.74, 6) is 0. The van der Waals surface area contributed by atoms with Gasteiger partial charge in [-0.1, -0.05) is 18.2 Å². The molecular weight excluding hydrogens is 186 g/mol. The van der Waals surface area contributed by atoms with Crippen molar-refractivity contribution in [3.63, 3.8) is 0 Å². The minimum Gasteiger partial charge on any atom is -0.311 e. The van der Waals surface area contributed by atoms with Crippen molar-refractivity contribution in [1.82, 2.24) is 9.13 Å². The number of rotatable bonds is 3. The fourth-order valence-corrected chi connectivity index (χ4v) is 1.93. The van der Waals surface area contributed by atoms with Crippen LogP contribution in [0.3, 0.4) is 0 Å². The monoisotopic (exact) mass is 201 g/mol. The second kappa shape index (κ2) is 3.77. The number of hydrogen-bond acceptors (Lipinski definition) is 1. The van der Waals surface area contributed by atoms with E-state index in [-0.39, 0.29) is 0 Å². The molecule has 0 aliphatic carbocycles. The van der Waals surface area contributed by atoms with E-state index >= 15 is 0 Å². The van der Waals surface area contributed by atoms with Gasteiger partial charge in [-0.2, -0.15) is 0 Å². The number of fused-ring (bicyclic) bond motifs is 1. The van der Waals surface area contributed by atoms with Gasteiger partial charge in [0.1, 0.15) is 0 Å². The molecule has 0 saturated carbocycles. The highest BCUT2D eigenvalue weighted by molar-refractivity contribution is 5.75. The molecule has 2 aromatic rings. The number of allylic oxidation sites excluding steroid dienone is 1. The van der Waals surface area contributed by atoms with E-state index in [1.54, 1.807) is 0 Å². The van der Waals surface area contributed by atoms with Gasteiger partial charge in [-0.05, 0) is 19.1 Å². The van der Waals surface area contributed by atoms with Crippen molar-refractivity contribution in [2.24, 2.45) is 0 Å². The van der Waals surface area contributed by atoms with Gasteiger partial charge in [0.2, 0.25) is 5.62 Å². The third-order valence-electron chi connectivity index (χ3n) is 2.60. The maximum absolute atomic E-state index is 8.06. The van der Waals surface area contributed by atoms with Gasteiger partial charge in [0.05, 0.1) is 11.0 Å². The summed E-state index contributed by atoms with van der Waals surface area (Å²) in [4.78, 5) is 0. The lowest BCUT2D eigenvalue weighted by molar-refractivity contribution is 0.656. The molecule has 0 amide bonds. The fourth-order valence-electron chi connectivity index (χ4n) is 1.93. The van der Waals surface area contributed by atoms with Crippen molar-refractivity contribution in [2.75, 3.05) is 0 Å². The molecule has 78 valence electrons. The summed E-state index contributed by atoms with van der Waals surface area (Å²) >= 11 is 0. The summed E-state index contributed by atoms with van der Waals surface area (Å²) in [6.07, 6.45) is 1.82. The molecule has 0 radical (unpaired) electrons. The van der Waals surface area contributed by atoms with Crippen LogP contribution in [0.4, 0.5) is 0 Å². The largest absolute Gasteiger partial charge is 0.311 e. The Kier molecular flexibility index (Phi) is 2.46. The Morgan fingerprint density at radius 3 is 2.40 bits per heavy atom. The molecule has 0 bridgehead atoms. The van der Waals surface area contributed by atoms with Crippen LogP contribution in [-0.4, -0.2) is 9.13 Å². The Bertz CT molecular complexity index is 545. The molecule has 1 aromatic heterocycles. The molecule has 0 aliphatic heterocycles. The normalized spacial score (nSPS) is 10.7. The van der Waals surface area contributed by atoms with Crippen LogP contribution in [0, 0.1) is 5.41 Å². The van der Waals surface area contributed by atoms with Gasteiger partial charge in [-0.25, -0.2) is 0 Å². The van der Waals surface area contributed by atoms with E-state index in [0.717, 1.165) is 17.6 Å². The van der Waals surface area contributed by atoms with Crippen molar-refractivity contribution in [2.45, 2.75) is 20.0 Å². The lowest BCUT2D eigenvalue weighted by Crippen LogP contribution is -2.23. The third kappa shape index (κ3) is 1.40. The second-order valence-corrected chi connectivity index (χ2v) is 3.46. The fraction of sp³-hybridized carbons (Fsp3) is 0.250. The van der Waals surface area contributed by atoms with E-state index in [4.69, 9.17) is 5.41 Å². The Hall–Kier alpha value is -1.77. The average molecular weight is 201 g/mol. The second-order valence-electron chi connectivity index (χ2n) is 3.46. The van der Waals surface area contributed by atoms with Crippen LogP contribution in [0.15, 0.2) is 36.9 Å². The summed E-state index contributed by atoms with van der Waals surface area (Å²) in [5, 5.41) is 8.06. The van der Waals surface area contributed by atoms with Crippen LogP contribution in [-0.2, 0) is 13.1 Å². The predicted molar refractivity (Wildman–Crippen MR) is 61.7 cm³/mol. The minimum atomic E-state index is 0.540. The first-order valence-electron chi connectivity index (χ1n) is 5.13. The first-order chi connectivity index (χ1) is 7.29. The van der Waals surface area contributed by atoms with Gasteiger partial charge in [-0.3, -0.25) is 5.41 Å². The van der Waals surface area contributed by atoms with Gasteiger partial charge < -0.3 is 9.13 Å². The number of nitrogens with zero attached hydrogens (tertiary/aromatic N) is 2. The lowest BCUT2D eigenvalue weighted by atomic mass is 10.3. The molecule has 2 rings (SSSR count). The molecule has 0 unspecified atom stereocenters. The standard InChI is InChI=1S/C12H15N3/c1-3-9-15-11-8-6-5-7-10(11)14(4-2)12(15)13/h3,5-8,13H,1,4,9H2,2H3. The van der Waals surface area contributed by atoms with Gasteiger partial charge in [0.15, 0.2) is 0 Å². The van der Waals surface area contributed by atoms with E-state index in [2.05, 4.69) is 19.6 Å². The molecule has 0 atom stereocenters. The van der Waals surface area contributed by atoms with E-state index in [1.807, 2.05) is 33.4 Å². The summed E-state index contributed by atoms with van der Waals surface area (Å²) in [6.45, 7) is 7.29. The van der Waals surface area contributed by atoms with Crippen molar-refractivity contribution in [3.05, 3.63) is 42.5 Å². The van der Waals surface area contributed by atoms with E-state index in [0.29, 0.717) is 12.2 Å². The molecule has 0 aliphatic rings. The highest BCUT2D eigenvalue weighted by atomic mass is 15.2. The zero-order chi connectivity index (χ0) is 10.8. The quantitative estimate of drug-likeness (QED) is 0.738. The van der Waals surface area contributed by atoms with Crippen LogP contribution in [0.5, 0.6) is 0 Å². The van der Waals surface area contributed by atoms with Crippen LogP contribution >= 0.6 is 0 Å². The van der Waals surface area contributed by atoms with E-state index in [9.17, 15) is 0 Å². The number of nitrogens with one attached hydrogen (secondary N) is 1. The topological polar surface area (TPSA) is 33.7 Å². The van der Waals surface area contributed by atoms with Crippen molar-refractivity contribution >= 4 is 11.0 Å². The minimum absolute atomic E-state index is 0.540. The van der Waals surface area contributed by atoms with Gasteiger partial charge >= 0.3 is 0 Å². The predicted octanol–water partition coefficient (Wildman–Crippen LogP) is 2.13. The number of benzene rings is 1. The van der Waals surface area contributed by atoms with Crippen LogP contribution < -0.4 is 5.62 Å². The maximum atomic E-state index is 8.06. The number of imidazole rings is 1. The zero-order valence-corrected chi connectivity index (χ0v) is 8.90. The number of aromatic nitrogens is 2. The zero-order valence-electron chi connectivity index (χ0n) is 8.90. The molecule has 0 fully saturated rings. The first kappa shape index (κ1) is 9.77. The Labute approximate surface area is 88.8 Å². The summed E-state index contributed by atoms with van der Waals surface area (Å²) in [6, 6.07) is 8.10. The number of hydrogen-bond donors (Lipinski definition) is 1. The smallest absolute Gasteiger partial charge is 0.203 e. The van der Waals surface area contributed by atoms with E-state index < -0.39 is 0 Å². The number of aryl methyl sites for hydroxylation is 1. The molecule has 15 heavy (non-hydrogen) atoms. The average Bonchev–Trinajstić information content (AvgIpc) is 2.53. The highest BCUT2D eigenvalue weighted by Crippen LogP contribution is 2.12. The van der Waals surface area contributed by atoms with Gasteiger partial charge in [0.25, 0.3) is 0 Å². The Balaban J connectivity index is 2.84. The lowest BCUT2D eigenvalue weighted by Gasteiger charge is -1.98. The molecule has 1 heterocycles. The molecule has 1 aromatic carbocycles. The van der Waals surface area contributed by atoms with Crippen molar-refractivity contribution < 1.29 is 0 Å². The summed E-state index contributed by atoms with van der Waals surface area (Å²) in [5.41, 5.74) is 2.76. The van der Waals surface area contributed by atoms with Gasteiger partial charge in [0, 0.05) is 13.1 Å². The molecule has 0 saturated heterocycles. The first-order valence-corrected chi connectivity index (χ1v) is 5.13. The number of para-hydroxylation sites is 2. The Morgan fingerprint density at radius 1 is 1.27 bits per heavy atom. The molecule has 3 heteroatoms. The van der Waals surface area contributed by atoms with E-state index in [1.165, 1.54) is 0 Å². The van der Waals surface area contributed by atoms with Gasteiger partial charge in [-0.15, -0.1) is 6.58 Å². The van der Waals surface area contributed by atoms with Crippen molar-refractivity contribution in [1.29, 1.82) is 5.41 Å². The van der Waals surface area contributed by atoms with Crippen LogP contribution in [0.2, 0.25) is 0 Å². The maximum Gasteiger partial charge on any atom is 0.203 e. The molecule has 1 N–H and O–H groups in total. The van der Waals surface area contributed by atoms with Crippen LogP contribution in [0.1, 0.15) is 6.92 Å². The Morgan fingerprint density at radius 2 is 1.87 bits per heavy atom.